The summed E-state index contributed by atoms with van der Waals surface area (Å²) in [6.07, 6.45) is 3.28. The maximum absolute atomic E-state index is 13.4. The molecule has 18 heavy (non-hydrogen) atoms. The third-order valence-electron chi connectivity index (χ3n) is 3.84. The van der Waals surface area contributed by atoms with Crippen LogP contribution in [0, 0.1) is 12.7 Å². The van der Waals surface area contributed by atoms with Crippen LogP contribution in [0.3, 0.4) is 0 Å². The molecule has 1 aromatic carbocycles. The average Bonchev–Trinajstić information content (AvgIpc) is 2.64. The van der Waals surface area contributed by atoms with Gasteiger partial charge in [-0.25, -0.2) is 4.39 Å². The van der Waals surface area contributed by atoms with Crippen molar-refractivity contribution in [3.05, 3.63) is 41.3 Å². The van der Waals surface area contributed by atoms with Crippen LogP contribution in [-0.2, 0) is 7.05 Å². The van der Waals surface area contributed by atoms with Crippen LogP contribution in [0.5, 0.6) is 0 Å². The molecule has 0 radical (unpaired) electrons. The number of fused-ring (bicyclic) bond motifs is 1. The molecule has 1 aromatic heterocycles. The fourth-order valence-corrected chi connectivity index (χ4v) is 2.79. The van der Waals surface area contributed by atoms with Gasteiger partial charge in [-0.05, 0) is 43.7 Å². The SMILES string of the molecule is Cc1c(C2=CCNCC2)c2ccc(F)cc2n1C. The maximum Gasteiger partial charge on any atom is 0.125 e. The molecule has 0 fully saturated rings. The zero-order chi connectivity index (χ0) is 12.7. The van der Waals surface area contributed by atoms with Gasteiger partial charge in [0.2, 0.25) is 0 Å². The van der Waals surface area contributed by atoms with Crippen LogP contribution >= 0.6 is 0 Å². The Hall–Kier alpha value is -1.61. The van der Waals surface area contributed by atoms with Crippen molar-refractivity contribution in [3.8, 4) is 0 Å². The van der Waals surface area contributed by atoms with E-state index in [0.717, 1.165) is 30.4 Å². The van der Waals surface area contributed by atoms with Crippen LogP contribution in [0.2, 0.25) is 0 Å². The Labute approximate surface area is 106 Å². The van der Waals surface area contributed by atoms with Gasteiger partial charge in [-0.2, -0.15) is 0 Å². The van der Waals surface area contributed by atoms with Crippen molar-refractivity contribution in [1.29, 1.82) is 0 Å². The quantitative estimate of drug-likeness (QED) is 0.816. The molecular formula is C15H17FN2. The van der Waals surface area contributed by atoms with E-state index < -0.39 is 0 Å². The second-order valence-corrected chi connectivity index (χ2v) is 4.86. The van der Waals surface area contributed by atoms with E-state index in [1.165, 1.54) is 16.8 Å². The number of nitrogens with one attached hydrogen (secondary N) is 1. The second-order valence-electron chi connectivity index (χ2n) is 4.86. The third kappa shape index (κ3) is 1.66. The smallest absolute Gasteiger partial charge is 0.125 e. The molecule has 3 heteroatoms. The van der Waals surface area contributed by atoms with Gasteiger partial charge >= 0.3 is 0 Å². The molecule has 2 aromatic rings. The van der Waals surface area contributed by atoms with E-state index in [1.807, 2.05) is 13.1 Å². The zero-order valence-electron chi connectivity index (χ0n) is 10.8. The number of benzene rings is 1. The first-order chi connectivity index (χ1) is 8.68. The highest BCUT2D eigenvalue weighted by molar-refractivity contribution is 5.95. The molecule has 0 saturated carbocycles. The van der Waals surface area contributed by atoms with Crippen molar-refractivity contribution in [1.82, 2.24) is 9.88 Å². The molecule has 1 aliphatic heterocycles. The Morgan fingerprint density at radius 1 is 1.33 bits per heavy atom. The Kier molecular flexibility index (Phi) is 2.71. The van der Waals surface area contributed by atoms with Crippen molar-refractivity contribution in [2.24, 2.45) is 7.05 Å². The molecule has 0 atom stereocenters. The Morgan fingerprint density at radius 2 is 2.17 bits per heavy atom. The topological polar surface area (TPSA) is 17.0 Å². The van der Waals surface area contributed by atoms with Gasteiger partial charge in [0.15, 0.2) is 0 Å². The molecule has 0 spiro atoms. The summed E-state index contributed by atoms with van der Waals surface area (Å²) in [5.74, 6) is -0.172. The summed E-state index contributed by atoms with van der Waals surface area (Å²) in [6.45, 7) is 4.05. The first-order valence-electron chi connectivity index (χ1n) is 6.33. The Balaban J connectivity index is 2.28. The number of rotatable bonds is 1. The van der Waals surface area contributed by atoms with E-state index in [1.54, 1.807) is 12.1 Å². The minimum atomic E-state index is -0.172. The van der Waals surface area contributed by atoms with Crippen molar-refractivity contribution >= 4 is 16.5 Å². The highest BCUT2D eigenvalue weighted by Crippen LogP contribution is 2.33. The van der Waals surface area contributed by atoms with E-state index in [2.05, 4.69) is 22.9 Å². The van der Waals surface area contributed by atoms with Gasteiger partial charge in [-0.1, -0.05) is 6.08 Å². The first-order valence-corrected chi connectivity index (χ1v) is 6.33. The standard InChI is InChI=1S/C15H17FN2/c1-10-15(11-5-7-17-8-6-11)13-4-3-12(16)9-14(13)18(10)2/h3-5,9,17H,6-8H2,1-2H3. The number of nitrogens with zero attached hydrogens (tertiary/aromatic N) is 1. The van der Waals surface area contributed by atoms with Gasteiger partial charge in [-0.15, -0.1) is 0 Å². The van der Waals surface area contributed by atoms with Gasteiger partial charge in [-0.3, -0.25) is 0 Å². The van der Waals surface area contributed by atoms with Crippen molar-refractivity contribution in [2.45, 2.75) is 13.3 Å². The normalized spacial score (nSPS) is 16.1. The van der Waals surface area contributed by atoms with Crippen LogP contribution in [0.15, 0.2) is 24.3 Å². The summed E-state index contributed by atoms with van der Waals surface area (Å²) in [7, 11) is 2.00. The summed E-state index contributed by atoms with van der Waals surface area (Å²) in [6, 6.07) is 5.07. The number of halogens is 1. The van der Waals surface area contributed by atoms with Crippen LogP contribution in [-0.4, -0.2) is 17.7 Å². The minimum absolute atomic E-state index is 0.172. The number of aryl methyl sites for hydroxylation is 1. The van der Waals surface area contributed by atoms with E-state index in [4.69, 9.17) is 0 Å². The summed E-state index contributed by atoms with van der Waals surface area (Å²) in [5, 5.41) is 4.48. The van der Waals surface area contributed by atoms with Crippen molar-refractivity contribution in [3.63, 3.8) is 0 Å². The van der Waals surface area contributed by atoms with Gasteiger partial charge in [0.05, 0.1) is 5.52 Å². The summed E-state index contributed by atoms with van der Waals surface area (Å²) >= 11 is 0. The van der Waals surface area contributed by atoms with Crippen LogP contribution in [0.4, 0.5) is 4.39 Å². The van der Waals surface area contributed by atoms with Gasteiger partial charge in [0.25, 0.3) is 0 Å². The number of aromatic nitrogens is 1. The zero-order valence-corrected chi connectivity index (χ0v) is 10.8. The lowest BCUT2D eigenvalue weighted by Crippen LogP contribution is -2.20. The molecule has 0 unspecified atom stereocenters. The molecule has 2 nitrogen and oxygen atoms in total. The highest BCUT2D eigenvalue weighted by Gasteiger charge is 2.16. The summed E-state index contributed by atoms with van der Waals surface area (Å²) < 4.78 is 15.4. The van der Waals surface area contributed by atoms with Crippen molar-refractivity contribution < 1.29 is 4.39 Å². The molecular weight excluding hydrogens is 227 g/mol. The van der Waals surface area contributed by atoms with E-state index in [9.17, 15) is 4.39 Å². The monoisotopic (exact) mass is 244 g/mol. The largest absolute Gasteiger partial charge is 0.347 e. The molecule has 0 amide bonds. The third-order valence-corrected chi connectivity index (χ3v) is 3.84. The second kappa shape index (κ2) is 4.25. The molecule has 94 valence electrons. The van der Waals surface area contributed by atoms with E-state index in [0.29, 0.717) is 0 Å². The van der Waals surface area contributed by atoms with E-state index in [-0.39, 0.29) is 5.82 Å². The van der Waals surface area contributed by atoms with Gasteiger partial charge in [0, 0.05) is 30.2 Å². The number of hydrogen-bond donors (Lipinski definition) is 1. The lowest BCUT2D eigenvalue weighted by Gasteiger charge is -2.14. The molecule has 3 rings (SSSR count). The predicted octanol–water partition coefficient (Wildman–Crippen LogP) is 3.00. The summed E-state index contributed by atoms with van der Waals surface area (Å²) in [4.78, 5) is 0. The van der Waals surface area contributed by atoms with Gasteiger partial charge in [0.1, 0.15) is 5.82 Å². The van der Waals surface area contributed by atoms with E-state index >= 15 is 0 Å². The summed E-state index contributed by atoms with van der Waals surface area (Å²) in [5.41, 5.74) is 4.85. The first kappa shape index (κ1) is 11.5. The Morgan fingerprint density at radius 3 is 2.89 bits per heavy atom. The van der Waals surface area contributed by atoms with Gasteiger partial charge < -0.3 is 9.88 Å². The highest BCUT2D eigenvalue weighted by atomic mass is 19.1. The van der Waals surface area contributed by atoms with Crippen molar-refractivity contribution in [2.75, 3.05) is 13.1 Å². The maximum atomic E-state index is 13.4. The average molecular weight is 244 g/mol. The molecule has 0 aliphatic carbocycles. The fourth-order valence-electron chi connectivity index (χ4n) is 2.79. The van der Waals surface area contributed by atoms with Crippen LogP contribution < -0.4 is 5.32 Å². The van der Waals surface area contributed by atoms with Crippen LogP contribution in [0.1, 0.15) is 17.7 Å². The molecule has 0 saturated heterocycles. The lowest BCUT2D eigenvalue weighted by molar-refractivity contribution is 0.629. The molecule has 2 heterocycles. The minimum Gasteiger partial charge on any atom is -0.347 e. The van der Waals surface area contributed by atoms with Crippen LogP contribution in [0.25, 0.3) is 16.5 Å². The molecule has 1 N–H and O–H groups in total. The number of hydrogen-bond acceptors (Lipinski definition) is 1. The lowest BCUT2D eigenvalue weighted by atomic mass is 9.97. The fraction of sp³-hybridized carbons (Fsp3) is 0.333. The molecule has 0 bridgehead atoms. The molecule has 1 aliphatic rings. The predicted molar refractivity (Wildman–Crippen MR) is 73.1 cm³/mol. The Bertz CT molecular complexity index is 637.